The summed E-state index contributed by atoms with van der Waals surface area (Å²) in [6.45, 7) is 1.86. The molecule has 1 saturated heterocycles. The maximum Gasteiger partial charge on any atom is 0.391 e. The van der Waals surface area contributed by atoms with Gasteiger partial charge in [0.2, 0.25) is 0 Å². The van der Waals surface area contributed by atoms with E-state index < -0.39 is 12.1 Å². The first-order valence-corrected chi connectivity index (χ1v) is 6.11. The molecule has 17 heavy (non-hydrogen) atoms. The average molecular weight is 246 g/mol. The van der Waals surface area contributed by atoms with Gasteiger partial charge in [-0.3, -0.25) is 0 Å². The van der Waals surface area contributed by atoms with Crippen LogP contribution in [0.1, 0.15) is 32.1 Å². The number of nitriles is 1. The van der Waals surface area contributed by atoms with E-state index in [1.54, 1.807) is 0 Å². The van der Waals surface area contributed by atoms with Gasteiger partial charge in [0.15, 0.2) is 0 Å². The molecular formula is C12H17F3N2. The molecule has 0 radical (unpaired) electrons. The number of alkyl halides is 3. The van der Waals surface area contributed by atoms with Crippen LogP contribution in [0.2, 0.25) is 0 Å². The fourth-order valence-corrected chi connectivity index (χ4v) is 2.63. The molecule has 1 aliphatic carbocycles. The lowest BCUT2D eigenvalue weighted by atomic mass is 9.94. The van der Waals surface area contributed by atoms with Gasteiger partial charge in [0.1, 0.15) is 0 Å². The molecule has 96 valence electrons. The lowest BCUT2D eigenvalue weighted by Crippen LogP contribution is -2.41. The highest BCUT2D eigenvalue weighted by molar-refractivity contribution is 5.01. The zero-order valence-corrected chi connectivity index (χ0v) is 9.76. The van der Waals surface area contributed by atoms with Crippen LogP contribution in [0.3, 0.4) is 0 Å². The lowest BCUT2D eigenvalue weighted by molar-refractivity contribution is -0.185. The largest absolute Gasteiger partial charge is 0.391 e. The zero-order chi connectivity index (χ0) is 12.5. The molecular weight excluding hydrogens is 229 g/mol. The van der Waals surface area contributed by atoms with Crippen molar-refractivity contribution >= 4 is 0 Å². The average Bonchev–Trinajstić information content (AvgIpc) is 2.98. The van der Waals surface area contributed by atoms with Crippen molar-refractivity contribution in [2.45, 2.75) is 38.3 Å². The highest BCUT2D eigenvalue weighted by Crippen LogP contribution is 2.49. The number of halogens is 3. The number of likely N-dealkylation sites (tertiary alicyclic amines) is 1. The molecule has 2 aliphatic rings. The van der Waals surface area contributed by atoms with Crippen LogP contribution in [0, 0.1) is 22.7 Å². The van der Waals surface area contributed by atoms with Gasteiger partial charge in [-0.05, 0) is 44.2 Å². The fourth-order valence-electron chi connectivity index (χ4n) is 2.63. The monoisotopic (exact) mass is 246 g/mol. The molecule has 0 aromatic rings. The molecule has 1 aliphatic heterocycles. The smallest absolute Gasteiger partial charge is 0.303 e. The van der Waals surface area contributed by atoms with E-state index in [0.717, 1.165) is 19.4 Å². The molecule has 2 fully saturated rings. The summed E-state index contributed by atoms with van der Waals surface area (Å²) in [6, 6.07) is 2.19. The Labute approximate surface area is 99.4 Å². The zero-order valence-electron chi connectivity index (χ0n) is 9.76. The summed E-state index contributed by atoms with van der Waals surface area (Å²) < 4.78 is 37.4. The van der Waals surface area contributed by atoms with Crippen LogP contribution in [-0.2, 0) is 0 Å². The molecule has 1 saturated carbocycles. The Kier molecular flexibility index (Phi) is 3.35. The normalized spacial score (nSPS) is 25.5. The third-order valence-corrected chi connectivity index (χ3v) is 4.02. The van der Waals surface area contributed by atoms with E-state index in [9.17, 15) is 13.2 Å². The topological polar surface area (TPSA) is 27.0 Å². The Morgan fingerprint density at radius 1 is 1.24 bits per heavy atom. The maximum absolute atomic E-state index is 12.5. The minimum Gasteiger partial charge on any atom is -0.303 e. The molecule has 1 heterocycles. The van der Waals surface area contributed by atoms with Gasteiger partial charge < -0.3 is 4.90 Å². The van der Waals surface area contributed by atoms with Crippen LogP contribution in [-0.4, -0.2) is 30.7 Å². The molecule has 0 aromatic heterocycles. The number of nitrogens with zero attached hydrogens (tertiary/aromatic N) is 2. The number of hydrogen-bond donors (Lipinski definition) is 0. The van der Waals surface area contributed by atoms with Gasteiger partial charge in [0.05, 0.1) is 12.0 Å². The third kappa shape index (κ3) is 3.12. The first-order chi connectivity index (χ1) is 7.95. The summed E-state index contributed by atoms with van der Waals surface area (Å²) in [7, 11) is 0. The summed E-state index contributed by atoms with van der Waals surface area (Å²) in [4.78, 5) is 2.10. The summed E-state index contributed by atoms with van der Waals surface area (Å²) in [5, 5.41) is 8.70. The lowest BCUT2D eigenvalue weighted by Gasteiger charge is -2.34. The van der Waals surface area contributed by atoms with Crippen LogP contribution in [0.4, 0.5) is 13.2 Å². The van der Waals surface area contributed by atoms with Crippen molar-refractivity contribution in [3.8, 4) is 6.07 Å². The minimum absolute atomic E-state index is 0.111. The van der Waals surface area contributed by atoms with Gasteiger partial charge in [0.25, 0.3) is 0 Å². The van der Waals surface area contributed by atoms with Crippen molar-refractivity contribution < 1.29 is 13.2 Å². The van der Waals surface area contributed by atoms with Gasteiger partial charge in [-0.15, -0.1) is 0 Å². The molecule has 0 bridgehead atoms. The molecule has 0 aromatic carbocycles. The van der Waals surface area contributed by atoms with Crippen molar-refractivity contribution in [3.63, 3.8) is 0 Å². The Morgan fingerprint density at radius 3 is 2.24 bits per heavy atom. The van der Waals surface area contributed by atoms with Gasteiger partial charge in [0, 0.05) is 13.0 Å². The molecule has 0 N–H and O–H groups in total. The van der Waals surface area contributed by atoms with Gasteiger partial charge in [-0.1, -0.05) is 0 Å². The molecule has 0 atom stereocenters. The molecule has 2 rings (SSSR count). The number of rotatable bonds is 3. The summed E-state index contributed by atoms with van der Waals surface area (Å²) in [5.41, 5.74) is 0.111. The standard InChI is InChI=1S/C12H17F3N2/c13-12(14,15)10-1-7-17(8-2-10)9-11(3-4-11)5-6-16/h10H,1-5,7-9H2. The predicted octanol–water partition coefficient (Wildman–Crippen LogP) is 2.95. The first kappa shape index (κ1) is 12.7. The Bertz CT molecular complexity index is 307. The van der Waals surface area contributed by atoms with Crippen molar-refractivity contribution in [2.75, 3.05) is 19.6 Å². The van der Waals surface area contributed by atoms with Crippen molar-refractivity contribution in [3.05, 3.63) is 0 Å². The third-order valence-electron chi connectivity index (χ3n) is 4.02. The SMILES string of the molecule is N#CCC1(CN2CCC(C(F)(F)F)CC2)CC1. The van der Waals surface area contributed by atoms with E-state index in [-0.39, 0.29) is 18.3 Å². The summed E-state index contributed by atoms with van der Waals surface area (Å²) in [5.74, 6) is -1.12. The number of piperidine rings is 1. The maximum atomic E-state index is 12.5. The van der Waals surface area contributed by atoms with E-state index in [1.807, 2.05) is 0 Å². The Balaban J connectivity index is 1.78. The van der Waals surface area contributed by atoms with E-state index >= 15 is 0 Å². The predicted molar refractivity (Wildman–Crippen MR) is 57.1 cm³/mol. The van der Waals surface area contributed by atoms with Gasteiger partial charge >= 0.3 is 6.18 Å². The molecule has 5 heteroatoms. The molecule has 2 nitrogen and oxygen atoms in total. The van der Waals surface area contributed by atoms with E-state index in [2.05, 4.69) is 11.0 Å². The highest BCUT2D eigenvalue weighted by atomic mass is 19.4. The quantitative estimate of drug-likeness (QED) is 0.765. The summed E-state index contributed by atoms with van der Waals surface area (Å²) >= 11 is 0. The second-order valence-corrected chi connectivity index (χ2v) is 5.43. The van der Waals surface area contributed by atoms with Crippen LogP contribution in [0.5, 0.6) is 0 Å². The van der Waals surface area contributed by atoms with Crippen LogP contribution < -0.4 is 0 Å². The minimum atomic E-state index is -4.03. The molecule has 0 unspecified atom stereocenters. The van der Waals surface area contributed by atoms with Crippen molar-refractivity contribution in [1.29, 1.82) is 5.26 Å². The number of hydrogen-bond acceptors (Lipinski definition) is 2. The van der Waals surface area contributed by atoms with Crippen LogP contribution in [0.25, 0.3) is 0 Å². The van der Waals surface area contributed by atoms with Gasteiger partial charge in [-0.2, -0.15) is 18.4 Å². The van der Waals surface area contributed by atoms with Crippen LogP contribution >= 0.6 is 0 Å². The van der Waals surface area contributed by atoms with E-state index in [0.29, 0.717) is 19.5 Å². The molecule has 0 amide bonds. The first-order valence-electron chi connectivity index (χ1n) is 6.11. The van der Waals surface area contributed by atoms with E-state index in [1.165, 1.54) is 0 Å². The van der Waals surface area contributed by atoms with E-state index in [4.69, 9.17) is 5.26 Å². The second-order valence-electron chi connectivity index (χ2n) is 5.43. The summed E-state index contributed by atoms with van der Waals surface area (Å²) in [6.07, 6.45) is -0.944. The fraction of sp³-hybridized carbons (Fsp3) is 0.917. The highest BCUT2D eigenvalue weighted by Gasteiger charge is 2.46. The Morgan fingerprint density at radius 2 is 1.82 bits per heavy atom. The Hall–Kier alpha value is -0.760. The van der Waals surface area contributed by atoms with Crippen molar-refractivity contribution in [2.24, 2.45) is 11.3 Å². The van der Waals surface area contributed by atoms with Gasteiger partial charge in [-0.25, -0.2) is 0 Å². The van der Waals surface area contributed by atoms with Crippen LogP contribution in [0.15, 0.2) is 0 Å². The van der Waals surface area contributed by atoms with Crippen molar-refractivity contribution in [1.82, 2.24) is 4.90 Å². The molecule has 0 spiro atoms. The second kappa shape index (κ2) is 4.49.